The second-order valence-corrected chi connectivity index (χ2v) is 3.12. The maximum absolute atomic E-state index is 12.2. The molecular formula is C7H11F2NO. The molecule has 2 atom stereocenters. The molecule has 2 nitrogen and oxygen atoms in total. The minimum Gasteiger partial charge on any atom is -0.322 e. The van der Waals surface area contributed by atoms with Crippen molar-refractivity contribution in [2.45, 2.75) is 31.7 Å². The summed E-state index contributed by atoms with van der Waals surface area (Å²) in [5.41, 5.74) is 5.21. The van der Waals surface area contributed by atoms with Crippen LogP contribution in [0, 0.1) is 5.92 Å². The first-order chi connectivity index (χ1) is 4.93. The number of alkyl halides is 2. The normalized spacial score (nSPS) is 29.6. The van der Waals surface area contributed by atoms with Gasteiger partial charge in [-0.15, -0.1) is 0 Å². The molecule has 0 aliphatic heterocycles. The van der Waals surface area contributed by atoms with E-state index in [1.165, 1.54) is 6.92 Å². The Balaban J connectivity index is 2.29. The van der Waals surface area contributed by atoms with Crippen molar-refractivity contribution in [3.8, 4) is 0 Å². The number of rotatable bonds is 3. The zero-order chi connectivity index (χ0) is 8.65. The zero-order valence-electron chi connectivity index (χ0n) is 6.31. The first kappa shape index (κ1) is 8.59. The lowest BCUT2D eigenvalue weighted by molar-refractivity contribution is -0.120. The third-order valence-electron chi connectivity index (χ3n) is 1.91. The molecule has 1 rings (SSSR count). The lowest BCUT2D eigenvalue weighted by Gasteiger charge is -2.01. The average molecular weight is 163 g/mol. The van der Waals surface area contributed by atoms with Crippen molar-refractivity contribution in [3.05, 3.63) is 0 Å². The Hall–Kier alpha value is -0.510. The third kappa shape index (κ3) is 1.96. The van der Waals surface area contributed by atoms with Crippen molar-refractivity contribution in [3.63, 3.8) is 0 Å². The highest BCUT2D eigenvalue weighted by molar-refractivity contribution is 5.83. The summed E-state index contributed by atoms with van der Waals surface area (Å²) < 4.78 is 24.5. The molecule has 64 valence electrons. The molecule has 11 heavy (non-hydrogen) atoms. The Kier molecular flexibility index (Phi) is 1.96. The number of Topliss-reactive ketones (excluding diaryl/α,β-unsaturated/α-hetero) is 1. The molecule has 0 saturated heterocycles. The van der Waals surface area contributed by atoms with Crippen molar-refractivity contribution in [1.82, 2.24) is 0 Å². The molecule has 0 heterocycles. The zero-order valence-corrected chi connectivity index (χ0v) is 6.31. The van der Waals surface area contributed by atoms with Gasteiger partial charge in [0.2, 0.25) is 0 Å². The molecule has 1 fully saturated rings. The molecule has 2 N–H and O–H groups in total. The van der Waals surface area contributed by atoms with E-state index >= 15 is 0 Å². The van der Waals surface area contributed by atoms with Crippen molar-refractivity contribution < 1.29 is 13.6 Å². The van der Waals surface area contributed by atoms with E-state index in [2.05, 4.69) is 0 Å². The van der Waals surface area contributed by atoms with E-state index in [0.29, 0.717) is 0 Å². The fourth-order valence-electron chi connectivity index (χ4n) is 0.920. The quantitative estimate of drug-likeness (QED) is 0.673. The van der Waals surface area contributed by atoms with Crippen LogP contribution in [0.5, 0.6) is 0 Å². The number of hydrogen-bond donors (Lipinski definition) is 1. The molecule has 0 aromatic carbocycles. The Morgan fingerprint density at radius 1 is 1.82 bits per heavy atom. The van der Waals surface area contributed by atoms with Crippen LogP contribution in [-0.2, 0) is 4.79 Å². The van der Waals surface area contributed by atoms with E-state index in [-0.39, 0.29) is 18.6 Å². The summed E-state index contributed by atoms with van der Waals surface area (Å²) in [6.45, 7) is 1.52. The van der Waals surface area contributed by atoms with Crippen LogP contribution in [0.3, 0.4) is 0 Å². The summed E-state index contributed by atoms with van der Waals surface area (Å²) in [5, 5.41) is 0. The lowest BCUT2D eigenvalue weighted by atomic mass is 10.1. The van der Waals surface area contributed by atoms with Gasteiger partial charge in [-0.2, -0.15) is 0 Å². The fourth-order valence-corrected chi connectivity index (χ4v) is 0.920. The van der Waals surface area contributed by atoms with Crippen LogP contribution in [0.1, 0.15) is 19.8 Å². The highest BCUT2D eigenvalue weighted by Crippen LogP contribution is 2.50. The molecule has 0 bridgehead atoms. The maximum atomic E-state index is 12.2. The highest BCUT2D eigenvalue weighted by atomic mass is 19.3. The van der Waals surface area contributed by atoms with E-state index in [9.17, 15) is 13.6 Å². The van der Waals surface area contributed by atoms with E-state index in [1.807, 2.05) is 0 Å². The topological polar surface area (TPSA) is 43.1 Å². The van der Waals surface area contributed by atoms with E-state index in [1.54, 1.807) is 0 Å². The Labute approximate surface area is 63.8 Å². The average Bonchev–Trinajstić information content (AvgIpc) is 2.39. The van der Waals surface area contributed by atoms with Gasteiger partial charge in [0.1, 0.15) is 5.78 Å². The summed E-state index contributed by atoms with van der Waals surface area (Å²) in [5.74, 6) is -3.60. The fraction of sp³-hybridized carbons (Fsp3) is 0.857. The second-order valence-electron chi connectivity index (χ2n) is 3.12. The van der Waals surface area contributed by atoms with E-state index in [4.69, 9.17) is 5.73 Å². The number of halogens is 2. The third-order valence-corrected chi connectivity index (χ3v) is 1.91. The number of hydrogen-bond acceptors (Lipinski definition) is 2. The Morgan fingerprint density at radius 2 is 2.27 bits per heavy atom. The minimum atomic E-state index is -2.59. The predicted octanol–water partition coefficient (Wildman–Crippen LogP) is 0.948. The van der Waals surface area contributed by atoms with Crippen LogP contribution in [0.4, 0.5) is 8.78 Å². The number of ketones is 1. The van der Waals surface area contributed by atoms with Crippen LogP contribution in [0.2, 0.25) is 0 Å². The van der Waals surface area contributed by atoms with Gasteiger partial charge in [-0.3, -0.25) is 4.79 Å². The van der Waals surface area contributed by atoms with Gasteiger partial charge in [-0.25, -0.2) is 8.78 Å². The van der Waals surface area contributed by atoms with Gasteiger partial charge in [0.05, 0.1) is 6.04 Å². The largest absolute Gasteiger partial charge is 0.322 e. The molecule has 4 heteroatoms. The summed E-state index contributed by atoms with van der Waals surface area (Å²) in [4.78, 5) is 10.8. The molecular weight excluding hydrogens is 152 g/mol. The summed E-state index contributed by atoms with van der Waals surface area (Å²) >= 11 is 0. The Bertz CT molecular complexity index is 179. The minimum absolute atomic E-state index is 0.0648. The second kappa shape index (κ2) is 2.52. The molecule has 0 aromatic heterocycles. The van der Waals surface area contributed by atoms with E-state index < -0.39 is 17.9 Å². The van der Waals surface area contributed by atoms with E-state index in [0.717, 1.165) is 0 Å². The van der Waals surface area contributed by atoms with Gasteiger partial charge in [-0.05, 0) is 6.92 Å². The Morgan fingerprint density at radius 3 is 2.55 bits per heavy atom. The number of carbonyl (C=O) groups is 1. The van der Waals surface area contributed by atoms with Crippen molar-refractivity contribution in [2.24, 2.45) is 11.7 Å². The summed E-state index contributed by atoms with van der Waals surface area (Å²) in [6.07, 6.45) is -0.212. The van der Waals surface area contributed by atoms with Crippen molar-refractivity contribution in [2.75, 3.05) is 0 Å². The van der Waals surface area contributed by atoms with Crippen molar-refractivity contribution in [1.29, 1.82) is 0 Å². The highest BCUT2D eigenvalue weighted by Gasteiger charge is 2.57. The number of nitrogens with two attached hydrogens (primary N) is 1. The molecule has 1 aliphatic carbocycles. The van der Waals surface area contributed by atoms with Gasteiger partial charge in [0, 0.05) is 18.8 Å². The summed E-state index contributed by atoms with van der Waals surface area (Å²) in [6, 6.07) is -0.605. The molecule has 0 spiro atoms. The standard InChI is InChI=1S/C7H11F2NO/c1-4(10)6(11)2-5-3-7(5,8)9/h4-5H,2-3,10H2,1H3/t4-,5?/m0/s1. The molecule has 0 amide bonds. The first-order valence-corrected chi connectivity index (χ1v) is 3.59. The molecule has 1 aliphatic rings. The maximum Gasteiger partial charge on any atom is 0.252 e. The molecule has 0 radical (unpaired) electrons. The van der Waals surface area contributed by atoms with Crippen LogP contribution < -0.4 is 5.73 Å². The monoisotopic (exact) mass is 163 g/mol. The molecule has 0 aromatic rings. The summed E-state index contributed by atoms with van der Waals surface area (Å²) in [7, 11) is 0. The first-order valence-electron chi connectivity index (χ1n) is 3.59. The predicted molar refractivity (Wildman–Crippen MR) is 36.3 cm³/mol. The van der Waals surface area contributed by atoms with Gasteiger partial charge in [0.15, 0.2) is 0 Å². The smallest absolute Gasteiger partial charge is 0.252 e. The van der Waals surface area contributed by atoms with Crippen molar-refractivity contribution >= 4 is 5.78 Å². The van der Waals surface area contributed by atoms with Gasteiger partial charge < -0.3 is 5.73 Å². The van der Waals surface area contributed by atoms with Gasteiger partial charge in [-0.1, -0.05) is 0 Å². The molecule has 1 saturated carbocycles. The SMILES string of the molecule is C[C@H](N)C(=O)CC1CC1(F)F. The lowest BCUT2D eigenvalue weighted by Crippen LogP contribution is -2.27. The molecule has 1 unspecified atom stereocenters. The van der Waals surface area contributed by atoms with Crippen LogP contribution >= 0.6 is 0 Å². The van der Waals surface area contributed by atoms with Crippen LogP contribution in [0.25, 0.3) is 0 Å². The number of carbonyl (C=O) groups excluding carboxylic acids is 1. The van der Waals surface area contributed by atoms with Gasteiger partial charge in [0.25, 0.3) is 5.92 Å². The van der Waals surface area contributed by atoms with Crippen LogP contribution in [-0.4, -0.2) is 17.7 Å². The van der Waals surface area contributed by atoms with Crippen LogP contribution in [0.15, 0.2) is 0 Å². The van der Waals surface area contributed by atoms with Gasteiger partial charge >= 0.3 is 0 Å².